The van der Waals surface area contributed by atoms with E-state index in [1.54, 1.807) is 11.3 Å². The lowest BCUT2D eigenvalue weighted by atomic mass is 10.1. The Kier molecular flexibility index (Phi) is 4.82. The van der Waals surface area contributed by atoms with Crippen LogP contribution in [0.15, 0.2) is 17.5 Å². The van der Waals surface area contributed by atoms with Gasteiger partial charge in [-0.05, 0) is 36.6 Å². The zero-order chi connectivity index (χ0) is 11.2. The summed E-state index contributed by atoms with van der Waals surface area (Å²) >= 11 is 1.79. The van der Waals surface area contributed by atoms with Crippen LogP contribution in [0.1, 0.15) is 30.6 Å². The van der Waals surface area contributed by atoms with Crippen LogP contribution in [-0.4, -0.2) is 24.3 Å². The molecule has 1 aromatic rings. The highest BCUT2D eigenvalue weighted by molar-refractivity contribution is 7.09. The molecule has 1 heterocycles. The second-order valence-corrected chi connectivity index (χ2v) is 5.75. The minimum absolute atomic E-state index is 0.289. The van der Waals surface area contributed by atoms with Crippen LogP contribution in [0.2, 0.25) is 0 Å². The van der Waals surface area contributed by atoms with Crippen molar-refractivity contribution in [1.82, 2.24) is 5.32 Å². The summed E-state index contributed by atoms with van der Waals surface area (Å²) in [5.41, 5.74) is 0. The Hall–Kier alpha value is -0.380. The largest absolute Gasteiger partial charge is 0.396 e. The van der Waals surface area contributed by atoms with E-state index in [4.69, 9.17) is 0 Å². The maximum absolute atomic E-state index is 9.36. The first-order valence-corrected chi connectivity index (χ1v) is 7.13. The molecule has 0 bridgehead atoms. The molecule has 3 heteroatoms. The molecule has 1 aliphatic carbocycles. The Balaban J connectivity index is 1.72. The first kappa shape index (κ1) is 12.1. The van der Waals surface area contributed by atoms with E-state index >= 15 is 0 Å². The molecule has 1 aromatic heterocycles. The number of thiophene rings is 1. The van der Waals surface area contributed by atoms with Crippen molar-refractivity contribution in [1.29, 1.82) is 0 Å². The third-order valence-electron chi connectivity index (χ3n) is 3.38. The van der Waals surface area contributed by atoms with Gasteiger partial charge in [-0.15, -0.1) is 11.3 Å². The molecule has 0 saturated heterocycles. The maximum Gasteiger partial charge on any atom is 0.0474 e. The number of rotatable bonds is 6. The number of hydrogen-bond donors (Lipinski definition) is 2. The van der Waals surface area contributed by atoms with E-state index in [0.717, 1.165) is 13.0 Å². The molecule has 2 N–H and O–H groups in total. The fourth-order valence-corrected chi connectivity index (χ4v) is 3.20. The first-order valence-electron chi connectivity index (χ1n) is 6.25. The van der Waals surface area contributed by atoms with Gasteiger partial charge in [-0.2, -0.15) is 0 Å². The Morgan fingerprint density at radius 2 is 2.25 bits per heavy atom. The Morgan fingerprint density at radius 3 is 2.88 bits per heavy atom. The monoisotopic (exact) mass is 239 g/mol. The summed E-state index contributed by atoms with van der Waals surface area (Å²) in [6.07, 6.45) is 6.38. The summed E-state index contributed by atoms with van der Waals surface area (Å²) in [5.74, 6) is 0.374. The molecule has 1 fully saturated rings. The minimum Gasteiger partial charge on any atom is -0.396 e. The Labute approximate surface area is 102 Å². The molecule has 1 atom stereocenters. The average molecular weight is 239 g/mol. The summed E-state index contributed by atoms with van der Waals surface area (Å²) in [6.45, 7) is 1.25. The molecule has 0 unspecified atom stereocenters. The van der Waals surface area contributed by atoms with Gasteiger partial charge in [-0.3, -0.25) is 0 Å². The van der Waals surface area contributed by atoms with Crippen LogP contribution < -0.4 is 5.32 Å². The lowest BCUT2D eigenvalue weighted by Crippen LogP contribution is -2.33. The van der Waals surface area contributed by atoms with Gasteiger partial charge in [0, 0.05) is 24.1 Å². The van der Waals surface area contributed by atoms with E-state index in [9.17, 15) is 5.11 Å². The molecule has 1 aliphatic rings. The van der Waals surface area contributed by atoms with Crippen LogP contribution in [0.4, 0.5) is 0 Å². The highest BCUT2D eigenvalue weighted by Crippen LogP contribution is 2.19. The van der Waals surface area contributed by atoms with Crippen molar-refractivity contribution >= 4 is 11.3 Å². The average Bonchev–Trinajstić information content (AvgIpc) is 2.97. The van der Waals surface area contributed by atoms with Crippen molar-refractivity contribution in [3.8, 4) is 0 Å². The lowest BCUT2D eigenvalue weighted by Gasteiger charge is -2.18. The molecular formula is C13H21NOS. The van der Waals surface area contributed by atoms with Crippen LogP contribution in [0.3, 0.4) is 0 Å². The fourth-order valence-electron chi connectivity index (χ4n) is 2.38. The normalized spacial score (nSPS) is 19.1. The molecule has 0 aromatic carbocycles. The molecule has 90 valence electrons. The molecule has 1 saturated carbocycles. The highest BCUT2D eigenvalue weighted by Gasteiger charge is 2.16. The first-order chi connectivity index (χ1) is 7.88. The number of aliphatic hydroxyl groups is 1. The van der Waals surface area contributed by atoms with E-state index in [1.807, 2.05) is 0 Å². The second kappa shape index (κ2) is 6.38. The SMILES string of the molecule is OC[C@H](CNC1CCCC1)Cc1cccs1. The number of hydrogen-bond acceptors (Lipinski definition) is 3. The topological polar surface area (TPSA) is 32.3 Å². The maximum atomic E-state index is 9.36. The molecular weight excluding hydrogens is 218 g/mol. The van der Waals surface area contributed by atoms with Crippen molar-refractivity contribution in [2.24, 2.45) is 5.92 Å². The van der Waals surface area contributed by atoms with E-state index < -0.39 is 0 Å². The van der Waals surface area contributed by atoms with Gasteiger partial charge in [0.15, 0.2) is 0 Å². The predicted molar refractivity (Wildman–Crippen MR) is 68.9 cm³/mol. The van der Waals surface area contributed by atoms with Crippen molar-refractivity contribution in [2.75, 3.05) is 13.2 Å². The third-order valence-corrected chi connectivity index (χ3v) is 4.28. The van der Waals surface area contributed by atoms with Crippen LogP contribution in [0.25, 0.3) is 0 Å². The van der Waals surface area contributed by atoms with Crippen molar-refractivity contribution < 1.29 is 5.11 Å². The third kappa shape index (κ3) is 3.58. The van der Waals surface area contributed by atoms with Gasteiger partial charge in [-0.25, -0.2) is 0 Å². The number of nitrogens with one attached hydrogen (secondary N) is 1. The molecule has 0 spiro atoms. The fraction of sp³-hybridized carbons (Fsp3) is 0.692. The van der Waals surface area contributed by atoms with Gasteiger partial charge in [0.2, 0.25) is 0 Å². The summed E-state index contributed by atoms with van der Waals surface area (Å²) in [6, 6.07) is 4.94. The Morgan fingerprint density at radius 1 is 1.44 bits per heavy atom. The summed E-state index contributed by atoms with van der Waals surface area (Å²) < 4.78 is 0. The zero-order valence-corrected chi connectivity index (χ0v) is 10.5. The Bertz CT molecular complexity index is 280. The van der Waals surface area contributed by atoms with Crippen molar-refractivity contribution in [3.05, 3.63) is 22.4 Å². The van der Waals surface area contributed by atoms with E-state index in [2.05, 4.69) is 22.8 Å². The lowest BCUT2D eigenvalue weighted by molar-refractivity contribution is 0.218. The van der Waals surface area contributed by atoms with Crippen LogP contribution in [0, 0.1) is 5.92 Å². The molecule has 0 radical (unpaired) electrons. The van der Waals surface area contributed by atoms with Gasteiger partial charge in [0.05, 0.1) is 0 Å². The van der Waals surface area contributed by atoms with Crippen LogP contribution in [-0.2, 0) is 6.42 Å². The zero-order valence-electron chi connectivity index (χ0n) is 9.69. The van der Waals surface area contributed by atoms with Gasteiger partial charge in [-0.1, -0.05) is 18.9 Å². The summed E-state index contributed by atoms with van der Waals surface area (Å²) in [7, 11) is 0. The van der Waals surface area contributed by atoms with Gasteiger partial charge >= 0.3 is 0 Å². The van der Waals surface area contributed by atoms with Crippen molar-refractivity contribution in [3.63, 3.8) is 0 Å². The number of aliphatic hydroxyl groups excluding tert-OH is 1. The molecule has 2 nitrogen and oxygen atoms in total. The van der Waals surface area contributed by atoms with Gasteiger partial charge in [0.1, 0.15) is 0 Å². The van der Waals surface area contributed by atoms with Gasteiger partial charge in [0.25, 0.3) is 0 Å². The van der Waals surface area contributed by atoms with Crippen molar-refractivity contribution in [2.45, 2.75) is 38.1 Å². The molecule has 0 aliphatic heterocycles. The molecule has 0 amide bonds. The van der Waals surface area contributed by atoms with Gasteiger partial charge < -0.3 is 10.4 Å². The van der Waals surface area contributed by atoms with Crippen LogP contribution >= 0.6 is 11.3 Å². The minimum atomic E-state index is 0.289. The summed E-state index contributed by atoms with van der Waals surface area (Å²) in [4.78, 5) is 1.38. The predicted octanol–water partition coefficient (Wildman–Crippen LogP) is 2.43. The van der Waals surface area contributed by atoms with E-state index in [1.165, 1.54) is 30.6 Å². The molecule has 16 heavy (non-hydrogen) atoms. The molecule has 2 rings (SSSR count). The quantitative estimate of drug-likeness (QED) is 0.799. The summed E-state index contributed by atoms with van der Waals surface area (Å²) in [5, 5.41) is 15.1. The van der Waals surface area contributed by atoms with E-state index in [-0.39, 0.29) is 6.61 Å². The smallest absolute Gasteiger partial charge is 0.0474 e. The standard InChI is InChI=1S/C13H21NOS/c15-10-11(8-13-6-3-7-16-13)9-14-12-4-1-2-5-12/h3,6-7,11-12,14-15H,1-2,4-5,8-10H2/t11-/m0/s1. The van der Waals surface area contributed by atoms with E-state index in [0.29, 0.717) is 12.0 Å². The van der Waals surface area contributed by atoms with Crippen LogP contribution in [0.5, 0.6) is 0 Å². The second-order valence-electron chi connectivity index (χ2n) is 4.72. The highest BCUT2D eigenvalue weighted by atomic mass is 32.1.